The number of carbonyl (C=O) groups excluding carboxylic acids is 1. The summed E-state index contributed by atoms with van der Waals surface area (Å²) in [4.78, 5) is 28.5. The largest absolute Gasteiger partial charge is 0.365 e. The van der Waals surface area contributed by atoms with Crippen LogP contribution in [0.4, 0.5) is 11.5 Å². The molecule has 2 aliphatic heterocycles. The smallest absolute Gasteiger partial charge is 0.227 e. The van der Waals surface area contributed by atoms with E-state index in [1.165, 1.54) is 28.8 Å². The number of nitrogens with zero attached hydrogens (tertiary/aromatic N) is 4. The third-order valence-corrected chi connectivity index (χ3v) is 7.52. The van der Waals surface area contributed by atoms with Gasteiger partial charge in [0, 0.05) is 30.1 Å². The second-order valence-corrected chi connectivity index (χ2v) is 9.81. The molecule has 7 heteroatoms. The number of anilines is 2. The van der Waals surface area contributed by atoms with Crippen LogP contribution < -0.4 is 10.2 Å². The lowest BCUT2D eigenvalue weighted by molar-refractivity contribution is -0.117. The highest BCUT2D eigenvalue weighted by Gasteiger charge is 2.21. The third-order valence-electron chi connectivity index (χ3n) is 6.42. The van der Waals surface area contributed by atoms with E-state index in [-0.39, 0.29) is 5.91 Å². The van der Waals surface area contributed by atoms with Crippen molar-refractivity contribution < 1.29 is 4.79 Å². The van der Waals surface area contributed by atoms with E-state index in [4.69, 9.17) is 9.97 Å². The number of hydrogen-bond donors (Lipinski definition) is 1. The molecule has 5 rings (SSSR count). The molecule has 1 N–H and O–H groups in total. The number of amides is 1. The van der Waals surface area contributed by atoms with E-state index in [2.05, 4.69) is 48.3 Å². The van der Waals surface area contributed by atoms with Crippen molar-refractivity contribution in [3.63, 3.8) is 0 Å². The second kappa shape index (κ2) is 8.55. The fraction of sp³-hybridized carbons (Fsp3) is 0.458. The second-order valence-electron chi connectivity index (χ2n) is 8.60. The van der Waals surface area contributed by atoms with Crippen LogP contribution >= 0.6 is 11.3 Å². The standard InChI is InChI=1S/C24H29N5OS/c1-16-17(2)31-24-22(16)23(26-20(27-24)15-28-11-3-4-12-28)25-14-18-7-9-19(10-8-18)29-13-5-6-21(29)30/h7-10H,3-6,11-15H2,1-2H3,(H,25,26,27). The Kier molecular flexibility index (Phi) is 5.63. The lowest BCUT2D eigenvalue weighted by atomic mass is 10.1. The SMILES string of the molecule is Cc1sc2nc(CN3CCCC3)nc(NCc3ccc(N4CCCC4=O)cc3)c2c1C. The first-order chi connectivity index (χ1) is 15.1. The molecule has 31 heavy (non-hydrogen) atoms. The van der Waals surface area contributed by atoms with Crippen molar-refractivity contribution in [2.75, 3.05) is 29.9 Å². The summed E-state index contributed by atoms with van der Waals surface area (Å²) in [7, 11) is 0. The van der Waals surface area contributed by atoms with Gasteiger partial charge in [-0.05, 0) is 69.5 Å². The molecule has 0 radical (unpaired) electrons. The number of nitrogens with one attached hydrogen (secondary N) is 1. The number of benzene rings is 1. The molecule has 0 aliphatic carbocycles. The van der Waals surface area contributed by atoms with Gasteiger partial charge in [0.25, 0.3) is 0 Å². The topological polar surface area (TPSA) is 61.4 Å². The van der Waals surface area contributed by atoms with Crippen molar-refractivity contribution in [1.29, 1.82) is 0 Å². The Labute approximate surface area is 187 Å². The summed E-state index contributed by atoms with van der Waals surface area (Å²) in [6.45, 7) is 8.93. The first kappa shape index (κ1) is 20.4. The first-order valence-corrected chi connectivity index (χ1v) is 12.0. The highest BCUT2D eigenvalue weighted by atomic mass is 32.1. The molecule has 0 spiro atoms. The number of aryl methyl sites for hydroxylation is 2. The van der Waals surface area contributed by atoms with Gasteiger partial charge in [-0.25, -0.2) is 9.97 Å². The molecule has 6 nitrogen and oxygen atoms in total. The van der Waals surface area contributed by atoms with Gasteiger partial charge in [-0.15, -0.1) is 11.3 Å². The van der Waals surface area contributed by atoms with Crippen molar-refractivity contribution in [2.24, 2.45) is 0 Å². The lowest BCUT2D eigenvalue weighted by Crippen LogP contribution is -2.23. The molecule has 2 aromatic heterocycles. The van der Waals surface area contributed by atoms with E-state index in [9.17, 15) is 4.79 Å². The molecule has 0 bridgehead atoms. The van der Waals surface area contributed by atoms with Crippen LogP contribution in [0.15, 0.2) is 24.3 Å². The van der Waals surface area contributed by atoms with Gasteiger partial charge in [0.15, 0.2) is 0 Å². The van der Waals surface area contributed by atoms with Gasteiger partial charge in [-0.1, -0.05) is 12.1 Å². The van der Waals surface area contributed by atoms with Crippen LogP contribution in [0.25, 0.3) is 10.2 Å². The van der Waals surface area contributed by atoms with Crippen LogP contribution in [0.2, 0.25) is 0 Å². The zero-order chi connectivity index (χ0) is 21.4. The van der Waals surface area contributed by atoms with Crippen LogP contribution in [0, 0.1) is 13.8 Å². The van der Waals surface area contributed by atoms with E-state index in [1.54, 1.807) is 11.3 Å². The predicted octanol–water partition coefficient (Wildman–Crippen LogP) is 4.64. The summed E-state index contributed by atoms with van der Waals surface area (Å²) in [6.07, 6.45) is 4.14. The zero-order valence-electron chi connectivity index (χ0n) is 18.3. The maximum absolute atomic E-state index is 12.0. The minimum Gasteiger partial charge on any atom is -0.365 e. The van der Waals surface area contributed by atoms with Crippen molar-refractivity contribution in [3.8, 4) is 0 Å². The van der Waals surface area contributed by atoms with Gasteiger partial charge in [0.2, 0.25) is 5.91 Å². The molecule has 2 fully saturated rings. The van der Waals surface area contributed by atoms with Crippen LogP contribution in [-0.4, -0.2) is 40.4 Å². The number of likely N-dealkylation sites (tertiary alicyclic amines) is 1. The molecule has 1 aromatic carbocycles. The Bertz CT molecular complexity index is 1100. The molecular weight excluding hydrogens is 406 g/mol. The molecule has 0 atom stereocenters. The van der Waals surface area contributed by atoms with E-state index < -0.39 is 0 Å². The number of rotatable bonds is 6. The summed E-state index contributed by atoms with van der Waals surface area (Å²) >= 11 is 1.76. The van der Waals surface area contributed by atoms with Gasteiger partial charge < -0.3 is 10.2 Å². The van der Waals surface area contributed by atoms with Crippen LogP contribution in [0.3, 0.4) is 0 Å². The van der Waals surface area contributed by atoms with E-state index in [0.29, 0.717) is 13.0 Å². The Hall–Kier alpha value is -2.51. The Balaban J connectivity index is 1.36. The van der Waals surface area contributed by atoms with E-state index in [1.807, 2.05) is 4.90 Å². The van der Waals surface area contributed by atoms with Crippen molar-refractivity contribution in [1.82, 2.24) is 14.9 Å². The van der Waals surface area contributed by atoms with Gasteiger partial charge in [0.05, 0.1) is 11.9 Å². The lowest BCUT2D eigenvalue weighted by Gasteiger charge is -2.17. The number of aromatic nitrogens is 2. The molecule has 2 saturated heterocycles. The minimum absolute atomic E-state index is 0.225. The molecule has 0 unspecified atom stereocenters. The normalized spacial score (nSPS) is 17.2. The van der Waals surface area contributed by atoms with Crippen molar-refractivity contribution in [2.45, 2.75) is 52.6 Å². The van der Waals surface area contributed by atoms with Crippen molar-refractivity contribution in [3.05, 3.63) is 46.1 Å². The predicted molar refractivity (Wildman–Crippen MR) is 127 cm³/mol. The number of thiophene rings is 1. The quantitative estimate of drug-likeness (QED) is 0.611. The average molecular weight is 436 g/mol. The van der Waals surface area contributed by atoms with Crippen LogP contribution in [0.1, 0.15) is 47.5 Å². The first-order valence-electron chi connectivity index (χ1n) is 11.2. The molecule has 0 saturated carbocycles. The minimum atomic E-state index is 0.225. The highest BCUT2D eigenvalue weighted by molar-refractivity contribution is 7.18. The monoisotopic (exact) mass is 435 g/mol. The van der Waals surface area contributed by atoms with Gasteiger partial charge in [-0.3, -0.25) is 9.69 Å². The maximum atomic E-state index is 12.0. The summed E-state index contributed by atoms with van der Waals surface area (Å²) in [5, 5.41) is 4.72. The van der Waals surface area contributed by atoms with Crippen LogP contribution in [0.5, 0.6) is 0 Å². The number of fused-ring (bicyclic) bond motifs is 1. The highest BCUT2D eigenvalue weighted by Crippen LogP contribution is 2.34. The Morgan fingerprint density at radius 2 is 1.81 bits per heavy atom. The zero-order valence-corrected chi connectivity index (χ0v) is 19.1. The molecule has 4 heterocycles. The summed E-state index contributed by atoms with van der Waals surface area (Å²) in [6, 6.07) is 8.30. The van der Waals surface area contributed by atoms with Crippen molar-refractivity contribution >= 4 is 39.0 Å². The summed E-state index contributed by atoms with van der Waals surface area (Å²) in [5.74, 6) is 2.06. The fourth-order valence-corrected chi connectivity index (χ4v) is 5.58. The maximum Gasteiger partial charge on any atom is 0.227 e. The fourth-order valence-electron chi connectivity index (χ4n) is 4.53. The molecular formula is C24H29N5OS. The van der Waals surface area contributed by atoms with Gasteiger partial charge in [0.1, 0.15) is 16.5 Å². The van der Waals surface area contributed by atoms with Gasteiger partial charge in [-0.2, -0.15) is 0 Å². The number of carbonyl (C=O) groups is 1. The summed E-state index contributed by atoms with van der Waals surface area (Å²) in [5.41, 5.74) is 3.43. The Morgan fingerprint density at radius 3 is 2.52 bits per heavy atom. The van der Waals surface area contributed by atoms with Gasteiger partial charge >= 0.3 is 0 Å². The Morgan fingerprint density at radius 1 is 1.03 bits per heavy atom. The summed E-state index contributed by atoms with van der Waals surface area (Å²) < 4.78 is 0. The number of hydrogen-bond acceptors (Lipinski definition) is 6. The molecule has 1 amide bonds. The average Bonchev–Trinajstić information content (AvgIpc) is 3.49. The van der Waals surface area contributed by atoms with E-state index in [0.717, 1.165) is 60.1 Å². The van der Waals surface area contributed by atoms with E-state index >= 15 is 0 Å². The molecule has 3 aromatic rings. The molecule has 2 aliphatic rings. The molecule has 162 valence electrons. The van der Waals surface area contributed by atoms with Crippen LogP contribution in [-0.2, 0) is 17.9 Å². The third kappa shape index (κ3) is 4.16.